The van der Waals surface area contributed by atoms with Crippen LogP contribution in [0.15, 0.2) is 200 Å². The minimum Gasteiger partial charge on any atom is -0.333 e. The Kier molecular flexibility index (Phi) is 9.34. The predicted molar refractivity (Wildman–Crippen MR) is 275 cm³/mol. The van der Waals surface area contributed by atoms with E-state index in [0.717, 1.165) is 42.0 Å². The minimum absolute atomic E-state index is 0.0302. The molecule has 0 fully saturated rings. The van der Waals surface area contributed by atoms with Crippen molar-refractivity contribution in [3.8, 4) is 22.3 Å². The zero-order valence-corrected chi connectivity index (χ0v) is 37.5. The summed E-state index contributed by atoms with van der Waals surface area (Å²) >= 11 is 0. The van der Waals surface area contributed by atoms with Gasteiger partial charge in [-0.05, 0) is 174 Å². The van der Waals surface area contributed by atoms with Crippen LogP contribution in [0, 0.1) is 27.7 Å². The molecular formula is C62H51N3. The van der Waals surface area contributed by atoms with Gasteiger partial charge in [0.05, 0.1) is 6.04 Å². The Morgan fingerprint density at radius 1 is 0.431 bits per heavy atom. The van der Waals surface area contributed by atoms with E-state index < -0.39 is 0 Å². The topological polar surface area (TPSA) is 9.72 Å². The SMILES string of the molecule is Cc1ccc(N2C3=C4CCc5c(-c6ccccc6)cc(-c6ccccc6)c6ccc(c4c56)C(C3)N(c3ccc(C)cc3C)c3cccc(c3)N(c3ccccc3)c3cccc2c3)c(C)c1. The molecule has 2 aliphatic carbocycles. The second kappa shape index (κ2) is 15.6. The average Bonchev–Trinajstić information content (AvgIpc) is 3.33. The standard InChI is InChI=1S/C62H51N3/c1-40-26-32-57(42(3)34-40)64-49-24-14-22-47(36-49)63(46-20-12-7-13-21-46)48-23-15-25-50(37-48)65(58-33-27-41(2)35-43(58)4)60-39-59(64)53-30-28-51-55(44-16-8-5-9-17-44)38-56(45-18-10-6-11-19-45)52-29-31-54(60)62(53)61(51)52/h5-28,30,32-38,59H,29,31,39H2,1-4H3. The number of anilines is 7. The lowest BCUT2D eigenvalue weighted by atomic mass is 9.72. The first-order chi connectivity index (χ1) is 31.9. The third-order valence-electron chi connectivity index (χ3n) is 14.1. The fourth-order valence-electron chi connectivity index (χ4n) is 11.4. The van der Waals surface area contributed by atoms with Gasteiger partial charge in [-0.15, -0.1) is 0 Å². The summed E-state index contributed by atoms with van der Waals surface area (Å²) < 4.78 is 0. The van der Waals surface area contributed by atoms with Crippen LogP contribution in [-0.4, -0.2) is 0 Å². The third kappa shape index (κ3) is 6.48. The normalized spacial score (nSPS) is 15.2. The largest absolute Gasteiger partial charge is 0.333 e. The summed E-state index contributed by atoms with van der Waals surface area (Å²) in [5, 5.41) is 2.72. The highest BCUT2D eigenvalue weighted by Gasteiger charge is 2.39. The van der Waals surface area contributed by atoms with E-state index in [9.17, 15) is 0 Å². The number of fused-ring (bicyclic) bond motifs is 7. The summed E-state index contributed by atoms with van der Waals surface area (Å²) in [6.07, 6.45) is 2.73. The lowest BCUT2D eigenvalue weighted by Crippen LogP contribution is -2.33. The van der Waals surface area contributed by atoms with E-state index in [1.807, 2.05) is 0 Å². The Bertz CT molecular complexity index is 3350. The smallest absolute Gasteiger partial charge is 0.0652 e. The highest BCUT2D eigenvalue weighted by molar-refractivity contribution is 6.11. The molecule has 0 N–H and O–H groups in total. The summed E-state index contributed by atoms with van der Waals surface area (Å²) in [5.41, 5.74) is 25.4. The highest BCUT2D eigenvalue weighted by atomic mass is 15.2. The third-order valence-corrected chi connectivity index (χ3v) is 14.1. The maximum atomic E-state index is 2.68. The van der Waals surface area contributed by atoms with Crippen molar-refractivity contribution in [3.05, 3.63) is 239 Å². The summed E-state index contributed by atoms with van der Waals surface area (Å²) in [4.78, 5) is 7.75. The van der Waals surface area contributed by atoms with Crippen LogP contribution in [0.2, 0.25) is 0 Å². The van der Waals surface area contributed by atoms with Crippen LogP contribution in [0.25, 0.3) is 38.6 Å². The number of benzene rings is 9. The van der Waals surface area contributed by atoms with Crippen molar-refractivity contribution in [2.24, 2.45) is 0 Å². The van der Waals surface area contributed by atoms with Crippen molar-refractivity contribution >= 4 is 56.2 Å². The van der Waals surface area contributed by atoms with Crippen molar-refractivity contribution < 1.29 is 0 Å². The fraction of sp³-hybridized carbons (Fsp3) is 0.129. The number of allylic oxidation sites excluding steroid dienone is 1. The number of hydrogen-bond acceptors (Lipinski definition) is 3. The molecule has 1 atom stereocenters. The molecule has 0 saturated carbocycles. The Morgan fingerprint density at radius 3 is 1.63 bits per heavy atom. The van der Waals surface area contributed by atoms with E-state index >= 15 is 0 Å². The first kappa shape index (κ1) is 39.0. The molecule has 9 aromatic rings. The van der Waals surface area contributed by atoms with Crippen molar-refractivity contribution in [2.45, 2.75) is 53.0 Å². The molecule has 12 rings (SSSR count). The summed E-state index contributed by atoms with van der Waals surface area (Å²) in [6, 6.07) is 72.9. The van der Waals surface area contributed by atoms with E-state index in [2.05, 4.69) is 237 Å². The van der Waals surface area contributed by atoms with Gasteiger partial charge in [0, 0.05) is 51.9 Å². The van der Waals surface area contributed by atoms with Crippen LogP contribution >= 0.6 is 0 Å². The number of rotatable bonds is 5. The lowest BCUT2D eigenvalue weighted by molar-refractivity contribution is 0.663. The molecule has 65 heavy (non-hydrogen) atoms. The van der Waals surface area contributed by atoms with Crippen molar-refractivity contribution in [1.29, 1.82) is 0 Å². The molecule has 0 spiro atoms. The van der Waals surface area contributed by atoms with Crippen molar-refractivity contribution in [3.63, 3.8) is 0 Å². The van der Waals surface area contributed by atoms with E-state index in [1.54, 1.807) is 0 Å². The van der Waals surface area contributed by atoms with Gasteiger partial charge in [-0.3, -0.25) is 0 Å². The van der Waals surface area contributed by atoms with Crippen LogP contribution in [0.3, 0.4) is 0 Å². The molecule has 0 aromatic heterocycles. The second-order valence-corrected chi connectivity index (χ2v) is 18.3. The van der Waals surface area contributed by atoms with Gasteiger partial charge >= 0.3 is 0 Å². The zero-order valence-electron chi connectivity index (χ0n) is 37.5. The van der Waals surface area contributed by atoms with Crippen molar-refractivity contribution in [1.82, 2.24) is 0 Å². The Labute approximate surface area is 383 Å². The number of hydrogen-bond donors (Lipinski definition) is 0. The minimum atomic E-state index is -0.0302. The van der Waals surface area contributed by atoms with Gasteiger partial charge in [0.1, 0.15) is 0 Å². The lowest BCUT2D eigenvalue weighted by Gasteiger charge is -2.45. The Balaban J connectivity index is 1.25. The average molecular weight is 838 g/mol. The van der Waals surface area contributed by atoms with Crippen LogP contribution in [-0.2, 0) is 6.42 Å². The summed E-state index contributed by atoms with van der Waals surface area (Å²) in [7, 11) is 0. The molecule has 3 aliphatic rings. The number of para-hydroxylation sites is 1. The summed E-state index contributed by atoms with van der Waals surface area (Å²) in [5.74, 6) is 0. The molecule has 0 saturated heterocycles. The molecule has 3 nitrogen and oxygen atoms in total. The second-order valence-electron chi connectivity index (χ2n) is 18.3. The quantitative estimate of drug-likeness (QED) is 0.171. The number of aryl methyl sites for hydroxylation is 5. The molecule has 1 heterocycles. The molecule has 6 bridgehead atoms. The molecule has 9 aromatic carbocycles. The highest BCUT2D eigenvalue weighted by Crippen LogP contribution is 2.57. The van der Waals surface area contributed by atoms with Crippen molar-refractivity contribution in [2.75, 3.05) is 14.7 Å². The molecule has 0 radical (unpaired) electrons. The van der Waals surface area contributed by atoms with Gasteiger partial charge in [0.15, 0.2) is 0 Å². The summed E-state index contributed by atoms with van der Waals surface area (Å²) in [6.45, 7) is 8.99. The van der Waals surface area contributed by atoms with Crippen LogP contribution in [0.4, 0.5) is 39.8 Å². The van der Waals surface area contributed by atoms with E-state index in [4.69, 9.17) is 0 Å². The zero-order chi connectivity index (χ0) is 43.8. The number of nitrogens with zero attached hydrogens (tertiary/aromatic N) is 3. The molecule has 1 aliphatic heterocycles. The molecule has 3 heteroatoms. The van der Waals surface area contributed by atoms with Gasteiger partial charge in [0.25, 0.3) is 0 Å². The van der Waals surface area contributed by atoms with Gasteiger partial charge in [-0.1, -0.05) is 139 Å². The maximum absolute atomic E-state index is 2.68. The van der Waals surface area contributed by atoms with E-state index in [-0.39, 0.29) is 6.04 Å². The molecular weight excluding hydrogens is 787 g/mol. The Morgan fingerprint density at radius 2 is 0.985 bits per heavy atom. The molecule has 314 valence electrons. The fourth-order valence-corrected chi connectivity index (χ4v) is 11.4. The first-order valence-electron chi connectivity index (χ1n) is 23.1. The first-order valence-corrected chi connectivity index (χ1v) is 23.1. The van der Waals surface area contributed by atoms with Crippen LogP contribution in [0.5, 0.6) is 0 Å². The van der Waals surface area contributed by atoms with E-state index in [1.165, 1.54) is 100 Å². The van der Waals surface area contributed by atoms with Gasteiger partial charge in [-0.25, -0.2) is 0 Å². The van der Waals surface area contributed by atoms with Crippen LogP contribution < -0.4 is 14.7 Å². The monoisotopic (exact) mass is 837 g/mol. The Hall–Kier alpha value is -7.62. The van der Waals surface area contributed by atoms with Gasteiger partial charge < -0.3 is 14.7 Å². The molecule has 0 amide bonds. The van der Waals surface area contributed by atoms with Gasteiger partial charge in [-0.2, -0.15) is 0 Å². The maximum Gasteiger partial charge on any atom is 0.0652 e. The van der Waals surface area contributed by atoms with E-state index in [0.29, 0.717) is 0 Å². The van der Waals surface area contributed by atoms with Gasteiger partial charge in [0.2, 0.25) is 0 Å². The molecule has 1 unspecified atom stereocenters. The van der Waals surface area contributed by atoms with Crippen LogP contribution in [0.1, 0.15) is 57.8 Å². The predicted octanol–water partition coefficient (Wildman–Crippen LogP) is 17.0.